The van der Waals surface area contributed by atoms with Crippen molar-refractivity contribution in [2.45, 2.75) is 31.4 Å². The van der Waals surface area contributed by atoms with Gasteiger partial charge >= 0.3 is 0 Å². The minimum atomic E-state index is 0.0826. The van der Waals surface area contributed by atoms with E-state index in [0.29, 0.717) is 5.75 Å². The maximum Gasteiger partial charge on any atom is 0.230 e. The van der Waals surface area contributed by atoms with Gasteiger partial charge in [-0.15, -0.1) is 11.8 Å². The van der Waals surface area contributed by atoms with Crippen molar-refractivity contribution >= 4 is 29.3 Å². The number of aliphatic hydroxyl groups excluding tert-OH is 1. The summed E-state index contributed by atoms with van der Waals surface area (Å²) >= 11 is 7.49. The Labute approximate surface area is 130 Å². The van der Waals surface area contributed by atoms with E-state index in [9.17, 15) is 4.79 Å². The highest BCUT2D eigenvalue weighted by Crippen LogP contribution is 2.16. The van der Waals surface area contributed by atoms with Gasteiger partial charge in [-0.3, -0.25) is 4.79 Å². The Morgan fingerprint density at radius 1 is 1.25 bits per heavy atom. The lowest BCUT2D eigenvalue weighted by Gasteiger charge is -2.05. The van der Waals surface area contributed by atoms with Crippen LogP contribution >= 0.6 is 23.4 Å². The van der Waals surface area contributed by atoms with E-state index >= 15 is 0 Å². The van der Waals surface area contributed by atoms with Gasteiger partial charge in [0.15, 0.2) is 0 Å². The molecule has 0 bridgehead atoms. The first-order valence-corrected chi connectivity index (χ1v) is 8.45. The average molecular weight is 316 g/mol. The SMILES string of the molecule is O=C(CSCc1cccc(Cl)c1)NCCCCCCO. The van der Waals surface area contributed by atoms with Crippen LogP contribution in [0.3, 0.4) is 0 Å². The molecule has 2 N–H and O–H groups in total. The zero-order valence-electron chi connectivity index (χ0n) is 11.6. The third-order valence-electron chi connectivity index (χ3n) is 2.80. The van der Waals surface area contributed by atoms with Crippen molar-refractivity contribution in [1.29, 1.82) is 0 Å². The third-order valence-corrected chi connectivity index (χ3v) is 4.04. The molecule has 3 nitrogen and oxygen atoms in total. The summed E-state index contributed by atoms with van der Waals surface area (Å²) in [6, 6.07) is 7.70. The number of amides is 1. The fourth-order valence-corrected chi connectivity index (χ4v) is 2.78. The van der Waals surface area contributed by atoms with Crippen LogP contribution in [0.5, 0.6) is 0 Å². The normalized spacial score (nSPS) is 10.5. The van der Waals surface area contributed by atoms with Crippen LogP contribution in [0.15, 0.2) is 24.3 Å². The molecule has 0 saturated heterocycles. The molecule has 0 spiro atoms. The van der Waals surface area contributed by atoms with Crippen LogP contribution in [0.25, 0.3) is 0 Å². The number of hydrogen-bond acceptors (Lipinski definition) is 3. The predicted molar refractivity (Wildman–Crippen MR) is 86.2 cm³/mol. The van der Waals surface area contributed by atoms with Gasteiger partial charge in [0.2, 0.25) is 5.91 Å². The molecule has 1 aromatic carbocycles. The van der Waals surface area contributed by atoms with Crippen LogP contribution in [0.4, 0.5) is 0 Å². The molecule has 0 saturated carbocycles. The number of aliphatic hydroxyl groups is 1. The topological polar surface area (TPSA) is 49.3 Å². The molecule has 0 atom stereocenters. The molecule has 0 unspecified atom stereocenters. The summed E-state index contributed by atoms with van der Waals surface area (Å²) in [6.45, 7) is 0.981. The zero-order chi connectivity index (χ0) is 14.6. The first kappa shape index (κ1) is 17.3. The molecule has 20 heavy (non-hydrogen) atoms. The van der Waals surface area contributed by atoms with Gasteiger partial charge in [-0.25, -0.2) is 0 Å². The number of carbonyl (C=O) groups excluding carboxylic acids is 1. The summed E-state index contributed by atoms with van der Waals surface area (Å²) in [5.74, 6) is 1.35. The summed E-state index contributed by atoms with van der Waals surface area (Å²) < 4.78 is 0. The highest BCUT2D eigenvalue weighted by Gasteiger charge is 2.01. The maximum absolute atomic E-state index is 11.6. The van der Waals surface area contributed by atoms with Crippen LogP contribution in [-0.4, -0.2) is 29.9 Å². The first-order valence-electron chi connectivity index (χ1n) is 6.92. The Hall–Kier alpha value is -0.710. The van der Waals surface area contributed by atoms with Crippen LogP contribution in [0.1, 0.15) is 31.2 Å². The number of benzene rings is 1. The van der Waals surface area contributed by atoms with Gasteiger partial charge < -0.3 is 10.4 Å². The Bertz CT molecular complexity index is 401. The molecular weight excluding hydrogens is 294 g/mol. The van der Waals surface area contributed by atoms with Gasteiger partial charge in [0.25, 0.3) is 0 Å². The zero-order valence-corrected chi connectivity index (χ0v) is 13.2. The second-order valence-electron chi connectivity index (χ2n) is 4.61. The summed E-state index contributed by atoms with van der Waals surface area (Å²) in [5, 5.41) is 12.3. The van der Waals surface area contributed by atoms with Crippen LogP contribution in [-0.2, 0) is 10.5 Å². The Morgan fingerprint density at radius 2 is 2.05 bits per heavy atom. The summed E-state index contributed by atoms with van der Waals surface area (Å²) in [4.78, 5) is 11.6. The standard InChI is InChI=1S/C15H22ClNO2S/c16-14-7-5-6-13(10-14)11-20-12-15(19)17-8-3-1-2-4-9-18/h5-7,10,18H,1-4,8-9,11-12H2,(H,17,19). The predicted octanol–water partition coefficient (Wildman–Crippen LogP) is 3.24. The molecule has 0 aromatic heterocycles. The largest absolute Gasteiger partial charge is 0.396 e. The monoisotopic (exact) mass is 315 g/mol. The number of thioether (sulfide) groups is 1. The molecular formula is C15H22ClNO2S. The Balaban J connectivity index is 2.03. The van der Waals surface area contributed by atoms with Crippen molar-refractivity contribution in [1.82, 2.24) is 5.32 Å². The number of halogens is 1. The second-order valence-corrected chi connectivity index (χ2v) is 6.03. The van der Waals surface area contributed by atoms with E-state index in [-0.39, 0.29) is 12.5 Å². The molecule has 112 valence electrons. The van der Waals surface area contributed by atoms with Gasteiger partial charge in [-0.05, 0) is 30.5 Å². The van der Waals surface area contributed by atoms with Crippen molar-refractivity contribution in [3.8, 4) is 0 Å². The number of hydrogen-bond donors (Lipinski definition) is 2. The molecule has 0 radical (unpaired) electrons. The highest BCUT2D eigenvalue weighted by molar-refractivity contribution is 7.99. The van der Waals surface area contributed by atoms with Gasteiger partial charge in [0, 0.05) is 23.9 Å². The average Bonchev–Trinajstić information content (AvgIpc) is 2.43. The fourth-order valence-electron chi connectivity index (χ4n) is 1.76. The van der Waals surface area contributed by atoms with Gasteiger partial charge in [0.1, 0.15) is 0 Å². The molecule has 1 rings (SSSR count). The van der Waals surface area contributed by atoms with Crippen molar-refractivity contribution in [2.24, 2.45) is 0 Å². The van der Waals surface area contributed by atoms with Crippen LogP contribution in [0.2, 0.25) is 5.02 Å². The molecule has 1 amide bonds. The summed E-state index contributed by atoms with van der Waals surface area (Å²) in [7, 11) is 0. The maximum atomic E-state index is 11.6. The number of nitrogens with one attached hydrogen (secondary N) is 1. The summed E-state index contributed by atoms with van der Waals surface area (Å²) in [5.41, 5.74) is 1.14. The number of rotatable bonds is 10. The van der Waals surface area contributed by atoms with E-state index in [1.54, 1.807) is 11.8 Å². The minimum absolute atomic E-state index is 0.0826. The molecule has 0 aliphatic heterocycles. The Kier molecular flexibility index (Phi) is 9.54. The molecule has 5 heteroatoms. The van der Waals surface area contributed by atoms with E-state index in [1.807, 2.05) is 24.3 Å². The van der Waals surface area contributed by atoms with Gasteiger partial charge in [0.05, 0.1) is 5.75 Å². The number of carbonyl (C=O) groups is 1. The lowest BCUT2D eigenvalue weighted by molar-refractivity contribution is -0.118. The number of unbranched alkanes of at least 4 members (excludes halogenated alkanes) is 3. The molecule has 0 fully saturated rings. The van der Waals surface area contributed by atoms with E-state index in [4.69, 9.17) is 16.7 Å². The van der Waals surface area contributed by atoms with Crippen molar-refractivity contribution < 1.29 is 9.90 Å². The van der Waals surface area contributed by atoms with E-state index in [2.05, 4.69) is 5.32 Å². The van der Waals surface area contributed by atoms with E-state index in [1.165, 1.54) is 0 Å². The second kappa shape index (κ2) is 11.0. The van der Waals surface area contributed by atoms with Gasteiger partial charge in [-0.1, -0.05) is 36.6 Å². The molecule has 1 aromatic rings. The smallest absolute Gasteiger partial charge is 0.230 e. The lowest BCUT2D eigenvalue weighted by atomic mass is 10.2. The highest BCUT2D eigenvalue weighted by atomic mass is 35.5. The van der Waals surface area contributed by atoms with Crippen molar-refractivity contribution in [2.75, 3.05) is 18.9 Å². The Morgan fingerprint density at radius 3 is 2.80 bits per heavy atom. The van der Waals surface area contributed by atoms with Crippen LogP contribution in [0, 0.1) is 0 Å². The third kappa shape index (κ3) is 8.46. The first-order chi connectivity index (χ1) is 9.72. The van der Waals surface area contributed by atoms with Gasteiger partial charge in [-0.2, -0.15) is 0 Å². The fraction of sp³-hybridized carbons (Fsp3) is 0.533. The lowest BCUT2D eigenvalue weighted by Crippen LogP contribution is -2.26. The van der Waals surface area contributed by atoms with E-state index < -0.39 is 0 Å². The minimum Gasteiger partial charge on any atom is -0.396 e. The summed E-state index contributed by atoms with van der Waals surface area (Å²) in [6.07, 6.45) is 3.90. The van der Waals surface area contributed by atoms with E-state index in [0.717, 1.165) is 48.6 Å². The molecule has 0 aliphatic carbocycles. The van der Waals surface area contributed by atoms with Crippen LogP contribution < -0.4 is 5.32 Å². The van der Waals surface area contributed by atoms with Crippen molar-refractivity contribution in [3.05, 3.63) is 34.9 Å². The molecule has 0 aliphatic rings. The quantitative estimate of drug-likeness (QED) is 0.652. The van der Waals surface area contributed by atoms with Crippen molar-refractivity contribution in [3.63, 3.8) is 0 Å². The molecule has 0 heterocycles.